The minimum Gasteiger partial charge on any atom is -0.481 e. The predicted molar refractivity (Wildman–Crippen MR) is 109 cm³/mol. The van der Waals surface area contributed by atoms with Crippen LogP contribution in [0, 0.1) is 5.41 Å². The van der Waals surface area contributed by atoms with Crippen LogP contribution in [0.2, 0.25) is 5.02 Å². The third-order valence-corrected chi connectivity index (χ3v) is 4.85. The van der Waals surface area contributed by atoms with Crippen LogP contribution in [-0.4, -0.2) is 47.4 Å². The Morgan fingerprint density at radius 3 is 2.63 bits per heavy atom. The summed E-state index contributed by atoms with van der Waals surface area (Å²) < 4.78 is 6.29. The lowest BCUT2D eigenvalue weighted by atomic mass is 10.0. The van der Waals surface area contributed by atoms with Gasteiger partial charge in [0.05, 0.1) is 11.8 Å². The van der Waals surface area contributed by atoms with Crippen molar-refractivity contribution in [2.24, 2.45) is 0 Å². The fourth-order valence-electron chi connectivity index (χ4n) is 3.14. The minimum atomic E-state index is -0.745. The first-order chi connectivity index (χ1) is 13.0. The molecule has 1 heterocycles. The third kappa shape index (κ3) is 7.29. The molecule has 1 aromatic carbocycles. The summed E-state index contributed by atoms with van der Waals surface area (Å²) in [5.74, 6) is -0.745. The van der Waals surface area contributed by atoms with Crippen molar-refractivity contribution in [1.29, 1.82) is 5.41 Å². The molecule has 0 amide bonds. The van der Waals surface area contributed by atoms with Crippen LogP contribution in [-0.2, 0) is 9.53 Å². The molecule has 0 bridgehead atoms. The number of hydrogen-bond donors (Lipinski definition) is 2. The summed E-state index contributed by atoms with van der Waals surface area (Å²) in [6, 6.07) is 7.40. The zero-order chi connectivity index (χ0) is 19.6. The smallest absolute Gasteiger partial charge is 0.303 e. The van der Waals surface area contributed by atoms with Gasteiger partial charge in [0.25, 0.3) is 0 Å². The highest BCUT2D eigenvalue weighted by Crippen LogP contribution is 2.26. The fourth-order valence-corrected chi connectivity index (χ4v) is 3.27. The number of allylic oxidation sites excluding steroid dienone is 2. The van der Waals surface area contributed by atoms with E-state index in [0.29, 0.717) is 17.2 Å². The Balaban J connectivity index is 1.94. The Bertz CT molecular complexity index is 665. The highest BCUT2D eigenvalue weighted by atomic mass is 35.5. The van der Waals surface area contributed by atoms with Crippen LogP contribution < -0.4 is 0 Å². The molecule has 5 nitrogen and oxygen atoms in total. The standard InChI is InChI=1S/C21H27ClN2O3/c1-2-3-5-19(23)21(16-7-9-17(22)10-8-16)27-18-11-14-24(15-12-18)13-4-6-20(25)26/h2-3,5,7-10,18,21,23H,1,4,6,11-15H2,(H,25,26)/b5-3-,23-19?/t21-/m0/s1. The number of carbonyl (C=O) groups is 1. The van der Waals surface area contributed by atoms with Crippen LogP contribution in [0.5, 0.6) is 0 Å². The van der Waals surface area contributed by atoms with Crippen LogP contribution in [0.15, 0.2) is 49.1 Å². The van der Waals surface area contributed by atoms with E-state index < -0.39 is 12.1 Å². The first-order valence-electron chi connectivity index (χ1n) is 9.22. The summed E-state index contributed by atoms with van der Waals surface area (Å²) >= 11 is 5.98. The number of likely N-dealkylation sites (tertiary alicyclic amines) is 1. The van der Waals surface area contributed by atoms with E-state index in [2.05, 4.69) is 11.5 Å². The number of rotatable bonds is 10. The molecule has 1 atom stereocenters. The van der Waals surface area contributed by atoms with Crippen LogP contribution in [0.4, 0.5) is 0 Å². The maximum absolute atomic E-state index is 10.6. The van der Waals surface area contributed by atoms with Crippen molar-refractivity contribution in [3.8, 4) is 0 Å². The number of ether oxygens (including phenoxy) is 1. The zero-order valence-electron chi connectivity index (χ0n) is 15.4. The molecule has 1 aliphatic rings. The first-order valence-corrected chi connectivity index (χ1v) is 9.60. The van der Waals surface area contributed by atoms with E-state index in [1.807, 2.05) is 24.3 Å². The topological polar surface area (TPSA) is 73.6 Å². The van der Waals surface area contributed by atoms with Crippen molar-refractivity contribution >= 4 is 23.3 Å². The fraction of sp³-hybridized carbons (Fsp3) is 0.429. The molecule has 2 N–H and O–H groups in total. The molecule has 0 aromatic heterocycles. The second-order valence-corrected chi connectivity index (χ2v) is 7.09. The van der Waals surface area contributed by atoms with Gasteiger partial charge in [0.2, 0.25) is 0 Å². The zero-order valence-corrected chi connectivity index (χ0v) is 16.2. The molecule has 2 rings (SSSR count). The Morgan fingerprint density at radius 1 is 1.37 bits per heavy atom. The normalized spacial score (nSPS) is 17.1. The summed E-state index contributed by atoms with van der Waals surface area (Å²) in [5.41, 5.74) is 1.28. The summed E-state index contributed by atoms with van der Waals surface area (Å²) in [7, 11) is 0. The second-order valence-electron chi connectivity index (χ2n) is 6.66. The van der Waals surface area contributed by atoms with Crippen LogP contribution >= 0.6 is 11.6 Å². The van der Waals surface area contributed by atoms with Crippen LogP contribution in [0.3, 0.4) is 0 Å². The Labute approximate surface area is 165 Å². The van der Waals surface area contributed by atoms with Crippen molar-refractivity contribution in [1.82, 2.24) is 4.90 Å². The number of nitrogens with zero attached hydrogens (tertiary/aromatic N) is 1. The van der Waals surface area contributed by atoms with Gasteiger partial charge in [0, 0.05) is 24.5 Å². The van der Waals surface area contributed by atoms with E-state index in [9.17, 15) is 4.79 Å². The molecular weight excluding hydrogens is 364 g/mol. The van der Waals surface area contributed by atoms with E-state index in [1.165, 1.54) is 0 Å². The Kier molecular flexibility index (Phi) is 8.72. The van der Waals surface area contributed by atoms with E-state index in [1.54, 1.807) is 18.2 Å². The second kappa shape index (κ2) is 11.0. The molecule has 1 aromatic rings. The lowest BCUT2D eigenvalue weighted by Crippen LogP contribution is -2.38. The molecule has 0 unspecified atom stereocenters. The summed E-state index contributed by atoms with van der Waals surface area (Å²) in [4.78, 5) is 12.9. The highest BCUT2D eigenvalue weighted by molar-refractivity contribution is 6.30. The molecule has 1 fully saturated rings. The maximum atomic E-state index is 10.6. The number of nitrogens with one attached hydrogen (secondary N) is 1. The van der Waals surface area contributed by atoms with Gasteiger partial charge in [-0.3, -0.25) is 4.79 Å². The Morgan fingerprint density at radius 2 is 2.04 bits per heavy atom. The molecule has 0 saturated carbocycles. The van der Waals surface area contributed by atoms with Gasteiger partial charge in [-0.25, -0.2) is 0 Å². The summed E-state index contributed by atoms with van der Waals surface area (Å²) in [6.07, 6.45) is 7.33. The number of aliphatic carboxylic acids is 1. The number of piperidine rings is 1. The van der Waals surface area contributed by atoms with Crippen LogP contribution in [0.1, 0.15) is 37.4 Å². The molecule has 1 saturated heterocycles. The van der Waals surface area contributed by atoms with Crippen molar-refractivity contribution in [2.75, 3.05) is 19.6 Å². The van der Waals surface area contributed by atoms with Gasteiger partial charge in [0.15, 0.2) is 0 Å². The van der Waals surface area contributed by atoms with Crippen molar-refractivity contribution in [3.63, 3.8) is 0 Å². The van der Waals surface area contributed by atoms with E-state index in [-0.39, 0.29) is 12.5 Å². The van der Waals surface area contributed by atoms with Gasteiger partial charge < -0.3 is 20.2 Å². The van der Waals surface area contributed by atoms with Gasteiger partial charge in [-0.05, 0) is 49.6 Å². The van der Waals surface area contributed by atoms with Crippen molar-refractivity contribution < 1.29 is 14.6 Å². The largest absolute Gasteiger partial charge is 0.481 e. The van der Waals surface area contributed by atoms with Gasteiger partial charge >= 0.3 is 5.97 Å². The van der Waals surface area contributed by atoms with Gasteiger partial charge in [-0.2, -0.15) is 0 Å². The molecule has 27 heavy (non-hydrogen) atoms. The van der Waals surface area contributed by atoms with E-state index >= 15 is 0 Å². The lowest BCUT2D eigenvalue weighted by molar-refractivity contribution is -0.137. The van der Waals surface area contributed by atoms with Gasteiger partial charge in [0.1, 0.15) is 6.10 Å². The molecule has 1 aliphatic heterocycles. The maximum Gasteiger partial charge on any atom is 0.303 e. The van der Waals surface area contributed by atoms with E-state index in [4.69, 9.17) is 26.9 Å². The molecule has 6 heteroatoms. The first kappa shape index (κ1) is 21.4. The molecule has 146 valence electrons. The highest BCUT2D eigenvalue weighted by Gasteiger charge is 2.25. The predicted octanol–water partition coefficient (Wildman–Crippen LogP) is 4.49. The monoisotopic (exact) mass is 390 g/mol. The van der Waals surface area contributed by atoms with E-state index in [0.717, 1.165) is 38.0 Å². The number of halogens is 1. The molecular formula is C21H27ClN2O3. The van der Waals surface area contributed by atoms with Gasteiger partial charge in [-0.1, -0.05) is 42.5 Å². The number of carboxylic acids is 1. The SMILES string of the molecule is C=C/C=C\C(=N)[C@@H](OC1CCN(CCCC(=O)O)CC1)c1ccc(Cl)cc1. The third-order valence-electron chi connectivity index (χ3n) is 4.60. The summed E-state index contributed by atoms with van der Waals surface area (Å²) in [5, 5.41) is 17.8. The number of hydrogen-bond acceptors (Lipinski definition) is 4. The Hall–Kier alpha value is -1.95. The number of carboxylic acid groups (broad SMARTS) is 1. The van der Waals surface area contributed by atoms with Crippen LogP contribution in [0.25, 0.3) is 0 Å². The molecule has 0 spiro atoms. The minimum absolute atomic E-state index is 0.0684. The molecule has 0 radical (unpaired) electrons. The van der Waals surface area contributed by atoms with Crippen molar-refractivity contribution in [3.05, 3.63) is 59.7 Å². The molecule has 0 aliphatic carbocycles. The summed E-state index contributed by atoms with van der Waals surface area (Å²) in [6.45, 7) is 6.22. The average Bonchev–Trinajstić information content (AvgIpc) is 2.66. The van der Waals surface area contributed by atoms with Crippen molar-refractivity contribution in [2.45, 2.75) is 37.9 Å². The quantitative estimate of drug-likeness (QED) is 0.456. The van der Waals surface area contributed by atoms with Gasteiger partial charge in [-0.15, -0.1) is 0 Å². The lowest BCUT2D eigenvalue weighted by Gasteiger charge is -2.34. The average molecular weight is 391 g/mol. The number of benzene rings is 1.